The molecule has 0 radical (unpaired) electrons. The second-order valence-corrected chi connectivity index (χ2v) is 7.87. The first kappa shape index (κ1) is 19.4. The zero-order valence-corrected chi connectivity index (χ0v) is 17.6. The van der Waals surface area contributed by atoms with Gasteiger partial charge in [0, 0.05) is 22.5 Å². The molecule has 1 saturated heterocycles. The number of thiol groups is 1. The Morgan fingerprint density at radius 2 is 1.91 bits per heavy atom. The lowest BCUT2D eigenvalue weighted by Crippen LogP contribution is -2.45. The lowest BCUT2D eigenvalue weighted by atomic mass is 10.0. The number of halogens is 4. The number of anilines is 2. The Balaban J connectivity index is 2.03. The van der Waals surface area contributed by atoms with E-state index in [2.05, 4.69) is 12.6 Å². The first-order valence-corrected chi connectivity index (χ1v) is 9.55. The summed E-state index contributed by atoms with van der Waals surface area (Å²) in [5, 5.41) is 10.7. The van der Waals surface area contributed by atoms with Gasteiger partial charge >= 0.3 is 6.18 Å². The second-order valence-electron chi connectivity index (χ2n) is 7.41. The third kappa shape index (κ3) is 3.75. The van der Waals surface area contributed by atoms with Crippen LogP contribution in [0.4, 0.5) is 28.9 Å². The van der Waals surface area contributed by atoms with E-state index in [1.54, 1.807) is 5.32 Å². The lowest BCUT2D eigenvalue weighted by molar-refractivity contribution is -0.137. The predicted octanol–water partition coefficient (Wildman–Crippen LogP) is 3.92. The molecule has 0 spiro atoms. The Morgan fingerprint density at radius 3 is 2.47 bits per heavy atom. The first-order valence-electron chi connectivity index (χ1n) is 10.5. The number of nitriles is 1. The number of alkyl halides is 3. The van der Waals surface area contributed by atoms with Crippen molar-refractivity contribution < 1.29 is 31.3 Å². The maximum atomic E-state index is 14.7. The third-order valence-electron chi connectivity index (χ3n) is 5.10. The van der Waals surface area contributed by atoms with Crippen LogP contribution in [0.1, 0.15) is 39.4 Å². The Hall–Kier alpha value is -3.26. The Labute approximate surface area is 191 Å². The molecule has 2 amide bonds. The van der Waals surface area contributed by atoms with Gasteiger partial charge in [0.05, 0.1) is 22.8 Å². The maximum Gasteiger partial charge on any atom is 0.417 e. The van der Waals surface area contributed by atoms with E-state index in [9.17, 15) is 27.2 Å². The fraction of sp³-hybridized carbons (Fsp3) is 0.286. The topological polar surface area (TPSA) is 76.4 Å². The van der Waals surface area contributed by atoms with Gasteiger partial charge in [0.1, 0.15) is 11.4 Å². The minimum absolute atomic E-state index is 0.0680. The average molecular weight is 469 g/mol. The number of nitrogens with one attached hydrogen (secondary N) is 1. The van der Waals surface area contributed by atoms with Gasteiger partial charge in [-0.3, -0.25) is 14.5 Å². The minimum Gasteiger partial charge on any atom is -0.355 e. The van der Waals surface area contributed by atoms with Gasteiger partial charge in [-0.25, -0.2) is 4.39 Å². The van der Waals surface area contributed by atoms with Gasteiger partial charge in [0.25, 0.3) is 11.8 Å². The molecule has 6 nitrogen and oxygen atoms in total. The van der Waals surface area contributed by atoms with Crippen LogP contribution < -0.4 is 15.1 Å². The molecule has 1 heterocycles. The highest BCUT2D eigenvalue weighted by molar-refractivity contribution is 7.81. The molecule has 1 N–H and O–H groups in total. The number of hydrogen-bond acceptors (Lipinski definition) is 5. The quantitative estimate of drug-likeness (QED) is 0.528. The molecule has 0 aliphatic carbocycles. The minimum atomic E-state index is -4.85. The zero-order chi connectivity index (χ0) is 26.5. The molecular formula is C21H18F4N4O2S. The van der Waals surface area contributed by atoms with Gasteiger partial charge in [-0.15, -0.1) is 12.6 Å². The summed E-state index contributed by atoms with van der Waals surface area (Å²) in [4.78, 5) is 27.6. The lowest BCUT2D eigenvalue weighted by Gasteiger charge is -2.33. The van der Waals surface area contributed by atoms with Crippen LogP contribution >= 0.6 is 12.6 Å². The number of hydrogen-bond donors (Lipinski definition) is 2. The van der Waals surface area contributed by atoms with Crippen LogP contribution in [0.2, 0.25) is 0 Å². The van der Waals surface area contributed by atoms with E-state index in [1.165, 1.54) is 36.9 Å². The van der Waals surface area contributed by atoms with E-state index < -0.39 is 58.5 Å². The van der Waals surface area contributed by atoms with Gasteiger partial charge in [-0.2, -0.15) is 18.4 Å². The molecule has 11 heteroatoms. The van der Waals surface area contributed by atoms with E-state index in [4.69, 9.17) is 9.37 Å². The first-order chi connectivity index (χ1) is 16.0. The summed E-state index contributed by atoms with van der Waals surface area (Å²) < 4.78 is 76.3. The number of benzene rings is 2. The van der Waals surface area contributed by atoms with Gasteiger partial charge in [-0.05, 0) is 50.2 Å². The largest absolute Gasteiger partial charge is 0.417 e. The molecule has 1 aliphatic rings. The number of carbonyl (C=O) groups excluding carboxylic acids is 2. The molecule has 0 aromatic heterocycles. The second kappa shape index (κ2) is 8.02. The summed E-state index contributed by atoms with van der Waals surface area (Å²) in [7, 11) is 0. The van der Waals surface area contributed by atoms with Crippen LogP contribution in [-0.4, -0.2) is 29.8 Å². The van der Waals surface area contributed by atoms with Gasteiger partial charge in [0.2, 0.25) is 0 Å². The molecule has 1 unspecified atom stereocenters. The van der Waals surface area contributed by atoms with Gasteiger partial charge < -0.3 is 10.2 Å². The number of amides is 2. The van der Waals surface area contributed by atoms with Gasteiger partial charge in [-0.1, -0.05) is 0 Å². The molecule has 0 saturated carbocycles. The van der Waals surface area contributed by atoms with Crippen LogP contribution in [0.15, 0.2) is 36.4 Å². The zero-order valence-electron chi connectivity index (χ0n) is 19.7. The van der Waals surface area contributed by atoms with Crippen molar-refractivity contribution in [1.82, 2.24) is 5.32 Å². The molecule has 0 bridgehead atoms. The molecule has 1 atom stereocenters. The number of nitrogens with zero attached hydrogens (tertiary/aromatic N) is 3. The van der Waals surface area contributed by atoms with Crippen LogP contribution in [0.25, 0.3) is 0 Å². The van der Waals surface area contributed by atoms with Crippen LogP contribution in [0, 0.1) is 17.1 Å². The summed E-state index contributed by atoms with van der Waals surface area (Å²) in [5.74, 6) is -2.91. The van der Waals surface area contributed by atoms with E-state index in [0.29, 0.717) is 6.07 Å². The van der Waals surface area contributed by atoms with Gasteiger partial charge in [0.15, 0.2) is 5.50 Å². The SMILES string of the molecule is [2H]C([2H])([2H])NC(=O)c1ccc(N2C(S)N(c3ccc(C#N)c(C(F)(F)F)c3)C(=O)C2(C)C)cc1F. The van der Waals surface area contributed by atoms with Crippen molar-refractivity contribution in [2.45, 2.75) is 31.1 Å². The van der Waals surface area contributed by atoms with Crippen molar-refractivity contribution in [1.29, 1.82) is 5.26 Å². The molecule has 2 aromatic carbocycles. The van der Waals surface area contributed by atoms with Crippen molar-refractivity contribution in [2.24, 2.45) is 0 Å². The van der Waals surface area contributed by atoms with Crippen LogP contribution in [0.5, 0.6) is 0 Å². The van der Waals surface area contributed by atoms with Crippen LogP contribution in [-0.2, 0) is 11.0 Å². The molecule has 1 aliphatic heterocycles. The Kier molecular flexibility index (Phi) is 4.87. The number of rotatable bonds is 3. The summed E-state index contributed by atoms with van der Waals surface area (Å²) in [6.45, 7) is 0.0820. The smallest absolute Gasteiger partial charge is 0.355 e. The normalized spacial score (nSPS) is 19.8. The molecule has 1 fully saturated rings. The predicted molar refractivity (Wildman–Crippen MR) is 113 cm³/mol. The molecular weight excluding hydrogens is 448 g/mol. The highest BCUT2D eigenvalue weighted by Gasteiger charge is 2.51. The third-order valence-corrected chi connectivity index (χ3v) is 5.56. The highest BCUT2D eigenvalue weighted by Crippen LogP contribution is 2.42. The monoisotopic (exact) mass is 469 g/mol. The standard InChI is InChI=1S/C21H18F4N4O2S/c1-20(2)18(31)28(12-5-4-11(10-26)15(8-12)21(23,24)25)19(32)29(20)13-6-7-14(16(22)9-13)17(30)27-3/h4-9,19,32H,1-3H3,(H,27,30)/i3D3. The molecule has 2 aromatic rings. The van der Waals surface area contributed by atoms with Crippen molar-refractivity contribution in [3.05, 3.63) is 58.9 Å². The van der Waals surface area contributed by atoms with Crippen molar-refractivity contribution in [2.75, 3.05) is 16.8 Å². The summed E-state index contributed by atoms with van der Waals surface area (Å²) in [6.07, 6.45) is -4.85. The fourth-order valence-corrected chi connectivity index (χ4v) is 4.19. The summed E-state index contributed by atoms with van der Waals surface area (Å²) in [5.41, 5.74) is -5.10. The van der Waals surface area contributed by atoms with Crippen LogP contribution in [0.3, 0.4) is 0 Å². The average Bonchev–Trinajstić information content (AvgIpc) is 2.89. The van der Waals surface area contributed by atoms with Crippen molar-refractivity contribution in [3.63, 3.8) is 0 Å². The summed E-state index contributed by atoms with van der Waals surface area (Å²) in [6, 6.07) is 7.44. The van der Waals surface area contributed by atoms with E-state index >= 15 is 0 Å². The fourth-order valence-electron chi connectivity index (χ4n) is 3.53. The summed E-state index contributed by atoms with van der Waals surface area (Å²) >= 11 is 4.40. The van der Waals surface area contributed by atoms with E-state index in [-0.39, 0.29) is 11.4 Å². The van der Waals surface area contributed by atoms with E-state index in [1.807, 2.05) is 0 Å². The van der Waals surface area contributed by atoms with E-state index in [0.717, 1.165) is 23.1 Å². The molecule has 32 heavy (non-hydrogen) atoms. The maximum absolute atomic E-state index is 14.7. The molecule has 3 rings (SSSR count). The molecule has 168 valence electrons. The Morgan fingerprint density at radius 1 is 1.25 bits per heavy atom. The van der Waals surface area contributed by atoms with Crippen molar-refractivity contribution in [3.8, 4) is 6.07 Å². The number of carbonyl (C=O) groups is 2. The Bertz CT molecular complexity index is 1240. The highest BCUT2D eigenvalue weighted by atomic mass is 32.1. The van der Waals surface area contributed by atoms with Crippen molar-refractivity contribution >= 4 is 35.8 Å².